The van der Waals surface area contributed by atoms with Gasteiger partial charge in [-0.05, 0) is 92.3 Å². The van der Waals surface area contributed by atoms with Crippen LogP contribution in [0.3, 0.4) is 0 Å². The maximum atomic E-state index is 14.8. The molecular formula is C27H29F5N2O3S. The summed E-state index contributed by atoms with van der Waals surface area (Å²) < 4.78 is 95.7. The van der Waals surface area contributed by atoms with Crippen LogP contribution >= 0.6 is 0 Å². The van der Waals surface area contributed by atoms with Gasteiger partial charge in [-0.25, -0.2) is 17.2 Å². The predicted molar refractivity (Wildman–Crippen MR) is 130 cm³/mol. The minimum atomic E-state index is -5.16. The van der Waals surface area contributed by atoms with E-state index in [9.17, 15) is 35.2 Å². The fraction of sp³-hybridized carbons (Fsp3) is 0.519. The van der Waals surface area contributed by atoms with Gasteiger partial charge in [0.15, 0.2) is 9.84 Å². The van der Waals surface area contributed by atoms with Crippen molar-refractivity contribution in [2.24, 2.45) is 17.6 Å². The Hall–Kier alpha value is -2.53. The lowest BCUT2D eigenvalue weighted by Crippen LogP contribution is -2.53. The van der Waals surface area contributed by atoms with Gasteiger partial charge in [0, 0.05) is 18.0 Å². The van der Waals surface area contributed by atoms with Crippen molar-refractivity contribution in [3.8, 4) is 0 Å². The summed E-state index contributed by atoms with van der Waals surface area (Å²) in [6, 6.07) is 7.66. The van der Waals surface area contributed by atoms with Crippen molar-refractivity contribution in [2.75, 3.05) is 0 Å². The third-order valence-corrected chi connectivity index (χ3v) is 11.3. The highest BCUT2D eigenvalue weighted by atomic mass is 32.2. The molecule has 1 amide bonds. The Morgan fingerprint density at radius 2 is 1.71 bits per heavy atom. The molecule has 2 aromatic carbocycles. The smallest absolute Gasteiger partial charge is 0.353 e. The molecule has 0 spiro atoms. The van der Waals surface area contributed by atoms with Crippen molar-refractivity contribution in [2.45, 2.75) is 79.0 Å². The van der Waals surface area contributed by atoms with E-state index in [2.05, 4.69) is 5.32 Å². The summed E-state index contributed by atoms with van der Waals surface area (Å²) in [4.78, 5) is 13.2. The number of benzene rings is 2. The second-order valence-electron chi connectivity index (χ2n) is 10.9. The molecule has 0 saturated heterocycles. The molecule has 0 heterocycles. The Balaban J connectivity index is 1.61. The van der Waals surface area contributed by atoms with Crippen molar-refractivity contribution in [3.05, 3.63) is 65.0 Å². The van der Waals surface area contributed by atoms with Crippen LogP contribution in [0.5, 0.6) is 0 Å². The first kappa shape index (κ1) is 27.1. The van der Waals surface area contributed by atoms with Gasteiger partial charge in [-0.1, -0.05) is 18.2 Å². The Bertz CT molecular complexity index is 1350. The summed E-state index contributed by atoms with van der Waals surface area (Å²) in [7, 11) is -4.25. The Kier molecular flexibility index (Phi) is 6.41. The SMILES string of the molecule is CC(F)(c1ccc2c(c1)CC[C@H]1[C@H](C(=O)N[C@H]3C[C@H](N)C3)CC[C@@]21S(=O)(=O)c1ccc(F)cc1)C(F)(F)F. The average Bonchev–Trinajstić information content (AvgIpc) is 3.24. The van der Waals surface area contributed by atoms with Crippen LogP contribution in [-0.4, -0.2) is 32.6 Å². The van der Waals surface area contributed by atoms with Crippen LogP contribution in [-0.2, 0) is 31.5 Å². The number of hydrogen-bond acceptors (Lipinski definition) is 4. The van der Waals surface area contributed by atoms with Crippen LogP contribution < -0.4 is 11.1 Å². The molecule has 5 rings (SSSR count). The fourth-order valence-corrected chi connectivity index (χ4v) is 9.01. The topological polar surface area (TPSA) is 89.3 Å². The summed E-state index contributed by atoms with van der Waals surface area (Å²) >= 11 is 0. The molecular weight excluding hydrogens is 527 g/mol. The van der Waals surface area contributed by atoms with Crippen LogP contribution in [0.2, 0.25) is 0 Å². The van der Waals surface area contributed by atoms with Crippen LogP contribution in [0.25, 0.3) is 0 Å². The number of nitrogens with two attached hydrogens (primary N) is 1. The highest BCUT2D eigenvalue weighted by Gasteiger charge is 2.62. The molecule has 11 heteroatoms. The number of alkyl halides is 4. The van der Waals surface area contributed by atoms with Crippen LogP contribution in [0, 0.1) is 17.7 Å². The summed E-state index contributed by atoms with van der Waals surface area (Å²) in [5.74, 6) is -2.19. The van der Waals surface area contributed by atoms with Gasteiger partial charge in [0.2, 0.25) is 11.6 Å². The number of carbonyl (C=O) groups is 1. The molecule has 3 N–H and O–H groups in total. The standard InChI is InChI=1S/C27H29F5N2O3S/c1-25(29,27(30,31)32)16-3-9-22-15(12-16)2-8-23-21(24(35)34-19-13-18(33)14-19)10-11-26(22,23)38(36,37)20-6-4-17(28)5-7-20/h3-7,9,12,18-19,21,23H,2,8,10-11,13-14,33H2,1H3,(H,34,35)/t18-,19-,21-,23+,25?,26-/m1/s1. The molecule has 0 bridgehead atoms. The molecule has 3 aliphatic carbocycles. The third kappa shape index (κ3) is 4.04. The van der Waals surface area contributed by atoms with Gasteiger partial charge in [0.25, 0.3) is 0 Å². The molecule has 2 fully saturated rings. The molecule has 206 valence electrons. The average molecular weight is 557 g/mol. The normalized spacial score (nSPS) is 30.5. The number of halogens is 5. The lowest BCUT2D eigenvalue weighted by Gasteiger charge is -2.43. The summed E-state index contributed by atoms with van der Waals surface area (Å²) in [6.45, 7) is 0.438. The van der Waals surface area contributed by atoms with E-state index >= 15 is 0 Å². The van der Waals surface area contributed by atoms with Crippen molar-refractivity contribution in [1.29, 1.82) is 0 Å². The third-order valence-electron chi connectivity index (χ3n) is 8.73. The number of fused-ring (bicyclic) bond motifs is 3. The van der Waals surface area contributed by atoms with E-state index in [0.717, 1.165) is 36.4 Å². The maximum absolute atomic E-state index is 14.8. The van der Waals surface area contributed by atoms with Gasteiger partial charge in [0.1, 0.15) is 10.6 Å². The van der Waals surface area contributed by atoms with E-state index in [0.29, 0.717) is 25.3 Å². The van der Waals surface area contributed by atoms with Crippen LogP contribution in [0.1, 0.15) is 55.7 Å². The quantitative estimate of drug-likeness (QED) is 0.408. The minimum absolute atomic E-state index is 0.00969. The lowest BCUT2D eigenvalue weighted by atomic mass is 9.72. The molecule has 2 saturated carbocycles. The first-order valence-corrected chi connectivity index (χ1v) is 14.1. The lowest BCUT2D eigenvalue weighted by molar-refractivity contribution is -0.228. The van der Waals surface area contributed by atoms with Gasteiger partial charge in [-0.15, -0.1) is 0 Å². The van der Waals surface area contributed by atoms with Gasteiger partial charge in [-0.3, -0.25) is 4.79 Å². The minimum Gasteiger partial charge on any atom is -0.353 e. The zero-order chi connectivity index (χ0) is 27.7. The molecule has 2 aromatic rings. The number of amides is 1. The number of hydrogen-bond donors (Lipinski definition) is 2. The monoisotopic (exact) mass is 556 g/mol. The summed E-state index contributed by atoms with van der Waals surface area (Å²) in [6.07, 6.45) is -3.17. The summed E-state index contributed by atoms with van der Waals surface area (Å²) in [5, 5.41) is 2.97. The number of carbonyl (C=O) groups excluding carboxylic acids is 1. The predicted octanol–water partition coefficient (Wildman–Crippen LogP) is 4.82. The van der Waals surface area contributed by atoms with E-state index < -0.39 is 49.6 Å². The van der Waals surface area contributed by atoms with Gasteiger partial charge in [0.05, 0.1) is 4.90 Å². The molecule has 0 aliphatic heterocycles. The first-order valence-electron chi connectivity index (χ1n) is 12.6. The zero-order valence-corrected chi connectivity index (χ0v) is 21.5. The van der Waals surface area contributed by atoms with Gasteiger partial charge >= 0.3 is 6.18 Å². The van der Waals surface area contributed by atoms with E-state index in [4.69, 9.17) is 5.73 Å². The molecule has 4 atom stereocenters. The van der Waals surface area contributed by atoms with Crippen molar-refractivity contribution in [3.63, 3.8) is 0 Å². The fourth-order valence-electron chi connectivity index (χ4n) is 6.53. The number of sulfone groups is 1. The first-order chi connectivity index (χ1) is 17.7. The molecule has 1 unspecified atom stereocenters. The van der Waals surface area contributed by atoms with E-state index in [1.807, 2.05) is 0 Å². The van der Waals surface area contributed by atoms with Crippen LogP contribution in [0.4, 0.5) is 22.0 Å². The molecule has 5 nitrogen and oxygen atoms in total. The Labute approximate surface area is 217 Å². The Morgan fingerprint density at radius 3 is 2.32 bits per heavy atom. The molecule has 0 aromatic heterocycles. The second-order valence-corrected chi connectivity index (χ2v) is 13.2. The number of nitrogens with one attached hydrogen (secondary N) is 1. The van der Waals surface area contributed by atoms with E-state index in [1.165, 1.54) is 6.07 Å². The summed E-state index contributed by atoms with van der Waals surface area (Å²) in [5.41, 5.74) is 2.19. The van der Waals surface area contributed by atoms with Crippen molar-refractivity contribution >= 4 is 15.7 Å². The van der Waals surface area contributed by atoms with Crippen LogP contribution in [0.15, 0.2) is 47.4 Å². The largest absolute Gasteiger partial charge is 0.426 e. The molecule has 0 radical (unpaired) electrons. The number of rotatable bonds is 5. The molecule has 38 heavy (non-hydrogen) atoms. The van der Waals surface area contributed by atoms with Gasteiger partial charge in [-0.2, -0.15) is 13.2 Å². The number of aryl methyl sites for hydroxylation is 1. The highest BCUT2D eigenvalue weighted by Crippen LogP contribution is 2.59. The van der Waals surface area contributed by atoms with E-state index in [1.54, 1.807) is 0 Å². The van der Waals surface area contributed by atoms with Crippen molar-refractivity contribution in [1.82, 2.24) is 5.32 Å². The van der Waals surface area contributed by atoms with Crippen molar-refractivity contribution < 1.29 is 35.2 Å². The second kappa shape index (κ2) is 9.01. The molecule has 3 aliphatic rings. The Morgan fingerprint density at radius 1 is 1.05 bits per heavy atom. The van der Waals surface area contributed by atoms with E-state index in [-0.39, 0.29) is 54.1 Å². The highest BCUT2D eigenvalue weighted by molar-refractivity contribution is 7.92. The maximum Gasteiger partial charge on any atom is 0.426 e. The zero-order valence-electron chi connectivity index (χ0n) is 20.7. The van der Waals surface area contributed by atoms with Gasteiger partial charge < -0.3 is 11.1 Å².